The first kappa shape index (κ1) is 18.8. The van der Waals surface area contributed by atoms with Crippen LogP contribution in [0.3, 0.4) is 0 Å². The minimum atomic E-state index is -0.103. The Morgan fingerprint density at radius 2 is 1.94 bits per heavy atom. The van der Waals surface area contributed by atoms with Gasteiger partial charge in [0.2, 0.25) is 0 Å². The molecule has 1 aromatic heterocycles. The van der Waals surface area contributed by atoms with Crippen LogP contribution < -0.4 is 4.74 Å². The van der Waals surface area contributed by atoms with E-state index in [4.69, 9.17) is 10.00 Å². The second kappa shape index (κ2) is 7.57. The molecule has 0 unspecified atom stereocenters. The quantitative estimate of drug-likeness (QED) is 0.695. The van der Waals surface area contributed by atoms with Crippen LogP contribution in [-0.4, -0.2) is 63.3 Å². The summed E-state index contributed by atoms with van der Waals surface area (Å²) in [4.78, 5) is 28.9. The summed E-state index contributed by atoms with van der Waals surface area (Å²) in [6.45, 7) is 1.54. The number of nitrogens with one attached hydrogen (secondary N) is 1. The topological polar surface area (TPSA) is 115 Å². The number of aromatic nitrogens is 3. The van der Waals surface area contributed by atoms with Crippen molar-refractivity contribution in [2.45, 2.75) is 0 Å². The molecule has 0 aliphatic carbocycles. The summed E-state index contributed by atoms with van der Waals surface area (Å²) in [7, 11) is 0. The molecule has 0 radical (unpaired) electrons. The zero-order valence-electron chi connectivity index (χ0n) is 16.5. The van der Waals surface area contributed by atoms with Crippen molar-refractivity contribution in [2.24, 2.45) is 5.92 Å². The number of carbonyl (C=O) groups is 2. The molecule has 31 heavy (non-hydrogen) atoms. The van der Waals surface area contributed by atoms with Crippen molar-refractivity contribution >= 4 is 22.8 Å². The maximum absolute atomic E-state index is 12.9. The largest absolute Gasteiger partial charge is 0.484 e. The Hall–Kier alpha value is -4.19. The number of aromatic amines is 1. The number of nitriles is 1. The average molecular weight is 414 g/mol. The van der Waals surface area contributed by atoms with Gasteiger partial charge in [-0.2, -0.15) is 20.7 Å². The lowest BCUT2D eigenvalue weighted by molar-refractivity contribution is -0.132. The van der Waals surface area contributed by atoms with E-state index in [0.717, 1.165) is 5.57 Å². The van der Waals surface area contributed by atoms with E-state index in [1.165, 1.54) is 0 Å². The van der Waals surface area contributed by atoms with Gasteiger partial charge >= 0.3 is 0 Å². The highest BCUT2D eigenvalue weighted by Gasteiger charge is 2.37. The Morgan fingerprint density at radius 1 is 1.13 bits per heavy atom. The van der Waals surface area contributed by atoms with Crippen molar-refractivity contribution in [3.05, 3.63) is 65.4 Å². The van der Waals surface area contributed by atoms with E-state index in [-0.39, 0.29) is 24.3 Å². The summed E-state index contributed by atoms with van der Waals surface area (Å²) >= 11 is 0. The Bertz CT molecular complexity index is 1240. The van der Waals surface area contributed by atoms with Crippen molar-refractivity contribution in [2.75, 3.05) is 26.2 Å². The molecule has 0 bridgehead atoms. The van der Waals surface area contributed by atoms with Crippen molar-refractivity contribution in [1.29, 1.82) is 5.26 Å². The standard InChI is InChI=1S/C22H18N6O3/c23-8-14-1-4-18(5-2-14)31-13-21(29)27-9-16-11-28(12-17(16)10-27)22(30)15-3-6-19-20(7-15)25-26-24-19/h1-7,11,17H,9-10,12-13H2,(H,24,25,26)/t17-/m0/s1. The normalized spacial score (nSPS) is 17.4. The van der Waals surface area contributed by atoms with Gasteiger partial charge in [0.1, 0.15) is 16.8 Å². The maximum Gasteiger partial charge on any atom is 0.260 e. The van der Waals surface area contributed by atoms with E-state index in [9.17, 15) is 9.59 Å². The third-order valence-electron chi connectivity index (χ3n) is 5.60. The lowest BCUT2D eigenvalue weighted by Crippen LogP contribution is -2.35. The first-order chi connectivity index (χ1) is 15.1. The number of hydrogen-bond donors (Lipinski definition) is 1. The van der Waals surface area contributed by atoms with Crippen molar-refractivity contribution in [3.8, 4) is 11.8 Å². The van der Waals surface area contributed by atoms with Gasteiger partial charge in [0.15, 0.2) is 6.61 Å². The summed E-state index contributed by atoms with van der Waals surface area (Å²) < 4.78 is 5.55. The Labute approximate surface area is 177 Å². The fourth-order valence-electron chi connectivity index (χ4n) is 3.94. The molecule has 3 aromatic rings. The van der Waals surface area contributed by atoms with Crippen LogP contribution in [0.1, 0.15) is 15.9 Å². The monoisotopic (exact) mass is 414 g/mol. The third kappa shape index (κ3) is 3.59. The second-order valence-corrected chi connectivity index (χ2v) is 7.58. The molecule has 1 atom stereocenters. The lowest BCUT2D eigenvalue weighted by Gasteiger charge is -2.20. The Morgan fingerprint density at radius 3 is 2.71 bits per heavy atom. The molecular weight excluding hydrogens is 396 g/mol. The summed E-state index contributed by atoms with van der Waals surface area (Å²) in [6.07, 6.45) is 1.86. The maximum atomic E-state index is 12.9. The zero-order valence-corrected chi connectivity index (χ0v) is 16.5. The van der Waals surface area contributed by atoms with Gasteiger partial charge in [0.05, 0.1) is 11.6 Å². The molecule has 154 valence electrons. The number of nitrogens with zero attached hydrogens (tertiary/aromatic N) is 5. The van der Waals surface area contributed by atoms with Crippen LogP contribution in [0.15, 0.2) is 54.2 Å². The number of H-pyrrole nitrogens is 1. The van der Waals surface area contributed by atoms with Crippen LogP contribution in [0.5, 0.6) is 5.75 Å². The second-order valence-electron chi connectivity index (χ2n) is 7.58. The highest BCUT2D eigenvalue weighted by atomic mass is 16.5. The molecule has 9 heteroatoms. The number of rotatable bonds is 4. The van der Waals surface area contributed by atoms with Crippen molar-refractivity contribution in [3.63, 3.8) is 0 Å². The SMILES string of the molecule is N#Cc1ccc(OCC(=O)N2CC3=CN(C(=O)c4ccc5n[nH]nc5c4)C[C@@H]3C2)cc1. The predicted molar refractivity (Wildman–Crippen MR) is 110 cm³/mol. The van der Waals surface area contributed by atoms with E-state index >= 15 is 0 Å². The number of likely N-dealkylation sites (tertiary alicyclic amines) is 1. The zero-order chi connectivity index (χ0) is 21.4. The molecule has 9 nitrogen and oxygen atoms in total. The molecule has 5 rings (SSSR count). The van der Waals surface area contributed by atoms with Gasteiger partial charge in [-0.05, 0) is 48.0 Å². The fourth-order valence-corrected chi connectivity index (χ4v) is 3.94. The van der Waals surface area contributed by atoms with Gasteiger partial charge in [-0.15, -0.1) is 0 Å². The first-order valence-corrected chi connectivity index (χ1v) is 9.83. The van der Waals surface area contributed by atoms with Crippen LogP contribution in [0, 0.1) is 17.2 Å². The summed E-state index contributed by atoms with van der Waals surface area (Å²) in [5.41, 5.74) is 3.53. The summed E-state index contributed by atoms with van der Waals surface area (Å²) in [5, 5.41) is 19.4. The number of amides is 2. The third-order valence-corrected chi connectivity index (χ3v) is 5.60. The van der Waals surface area contributed by atoms with E-state index in [2.05, 4.69) is 15.4 Å². The molecule has 1 N–H and O–H groups in total. The first-order valence-electron chi connectivity index (χ1n) is 9.83. The molecule has 2 aromatic carbocycles. The van der Waals surface area contributed by atoms with Gasteiger partial charge in [-0.1, -0.05) is 0 Å². The van der Waals surface area contributed by atoms with Gasteiger partial charge in [-0.25, -0.2) is 0 Å². The Kier molecular flexibility index (Phi) is 4.59. The van der Waals surface area contributed by atoms with Gasteiger partial charge in [-0.3, -0.25) is 9.59 Å². The van der Waals surface area contributed by atoms with E-state index < -0.39 is 0 Å². The molecule has 2 aliphatic rings. The van der Waals surface area contributed by atoms with Gasteiger partial charge < -0.3 is 14.5 Å². The minimum absolute atomic E-state index is 0.0632. The molecule has 3 heterocycles. The van der Waals surface area contributed by atoms with Crippen molar-refractivity contribution < 1.29 is 14.3 Å². The smallest absolute Gasteiger partial charge is 0.260 e. The lowest BCUT2D eigenvalue weighted by atomic mass is 10.1. The highest BCUT2D eigenvalue weighted by molar-refractivity contribution is 5.98. The number of hydrogen-bond acceptors (Lipinski definition) is 6. The minimum Gasteiger partial charge on any atom is -0.484 e. The van der Waals surface area contributed by atoms with Crippen LogP contribution in [0.4, 0.5) is 0 Å². The van der Waals surface area contributed by atoms with E-state index in [1.807, 2.05) is 12.3 Å². The molecule has 0 saturated carbocycles. The molecule has 2 aliphatic heterocycles. The van der Waals surface area contributed by atoms with Crippen LogP contribution >= 0.6 is 0 Å². The van der Waals surface area contributed by atoms with E-state index in [0.29, 0.717) is 47.5 Å². The Balaban J connectivity index is 1.19. The number of ether oxygens (including phenoxy) is 1. The number of benzene rings is 2. The van der Waals surface area contributed by atoms with E-state index in [1.54, 1.807) is 52.3 Å². The molecule has 1 saturated heterocycles. The van der Waals surface area contributed by atoms with Crippen molar-refractivity contribution in [1.82, 2.24) is 25.2 Å². The molecule has 1 fully saturated rings. The molecule has 2 amide bonds. The van der Waals surface area contributed by atoms with Crippen LogP contribution in [-0.2, 0) is 4.79 Å². The van der Waals surface area contributed by atoms with Crippen LogP contribution in [0.2, 0.25) is 0 Å². The number of carbonyl (C=O) groups excluding carboxylic acids is 2. The van der Waals surface area contributed by atoms with Gasteiger partial charge in [0.25, 0.3) is 11.8 Å². The number of fused-ring (bicyclic) bond motifs is 2. The fraction of sp³-hybridized carbons (Fsp3) is 0.227. The summed E-state index contributed by atoms with van der Waals surface area (Å²) in [6, 6.07) is 13.9. The van der Waals surface area contributed by atoms with Gasteiger partial charge in [0, 0.05) is 37.3 Å². The average Bonchev–Trinajstić information content (AvgIpc) is 3.51. The molecular formula is C22H18N6O3. The summed E-state index contributed by atoms with van der Waals surface area (Å²) in [5.74, 6) is 0.494. The predicted octanol–water partition coefficient (Wildman–Crippen LogP) is 1.71. The molecule has 0 spiro atoms. The van der Waals surface area contributed by atoms with Crippen LogP contribution in [0.25, 0.3) is 11.0 Å². The highest BCUT2D eigenvalue weighted by Crippen LogP contribution is 2.30.